The van der Waals surface area contributed by atoms with Crippen LogP contribution in [0.3, 0.4) is 0 Å². The van der Waals surface area contributed by atoms with E-state index in [0.29, 0.717) is 17.0 Å². The number of alkyl halides is 3. The van der Waals surface area contributed by atoms with Crippen LogP contribution in [-0.2, 0) is 18.4 Å². The number of benzene rings is 2. The zero-order valence-corrected chi connectivity index (χ0v) is 22.9. The van der Waals surface area contributed by atoms with Crippen molar-refractivity contribution in [3.8, 4) is 17.0 Å². The Labute approximate surface area is 239 Å². The number of aryl methyl sites for hydroxylation is 1. The molecule has 2 saturated heterocycles. The molecule has 8 nitrogen and oxygen atoms in total. The molecule has 2 bridgehead atoms. The molecule has 0 radical (unpaired) electrons. The molecule has 2 unspecified atom stereocenters. The van der Waals surface area contributed by atoms with Crippen LogP contribution in [-0.4, -0.2) is 45.3 Å². The van der Waals surface area contributed by atoms with Gasteiger partial charge in [-0.1, -0.05) is 23.4 Å². The first-order valence-electron chi connectivity index (χ1n) is 14.2. The van der Waals surface area contributed by atoms with Gasteiger partial charge in [-0.2, -0.15) is 0 Å². The van der Waals surface area contributed by atoms with E-state index in [1.165, 1.54) is 12.1 Å². The third-order valence-electron chi connectivity index (χ3n) is 8.83. The monoisotopic (exact) mass is 581 g/mol. The van der Waals surface area contributed by atoms with Crippen molar-refractivity contribution in [1.29, 1.82) is 0 Å². The Kier molecular flexibility index (Phi) is 6.45. The van der Waals surface area contributed by atoms with Gasteiger partial charge in [0.05, 0.1) is 18.2 Å². The third-order valence-corrected chi connectivity index (χ3v) is 8.83. The van der Waals surface area contributed by atoms with Crippen LogP contribution in [0.4, 0.5) is 18.9 Å². The number of aromatic nitrogens is 2. The molecule has 2 atom stereocenters. The van der Waals surface area contributed by atoms with E-state index in [1.54, 1.807) is 29.8 Å². The molecule has 3 aliphatic rings. The molecule has 0 spiro atoms. The summed E-state index contributed by atoms with van der Waals surface area (Å²) in [4.78, 5) is 14.0. The van der Waals surface area contributed by atoms with Crippen molar-refractivity contribution in [2.24, 2.45) is 7.05 Å². The average molecular weight is 582 g/mol. The minimum Gasteiger partial charge on any atom is -0.477 e. The van der Waals surface area contributed by atoms with Crippen molar-refractivity contribution in [1.82, 2.24) is 9.72 Å². The van der Waals surface area contributed by atoms with Crippen LogP contribution < -0.4 is 9.64 Å². The molecule has 42 heavy (non-hydrogen) atoms. The summed E-state index contributed by atoms with van der Waals surface area (Å²) in [6.45, 7) is 0.197. The number of aromatic carboxylic acids is 1. The number of hydrogen-bond acceptors (Lipinski definition) is 6. The van der Waals surface area contributed by atoms with Gasteiger partial charge >= 0.3 is 12.3 Å². The highest BCUT2D eigenvalue weighted by molar-refractivity contribution is 5.95. The molecule has 220 valence electrons. The number of carboxylic acids is 1. The van der Waals surface area contributed by atoms with Gasteiger partial charge in [0.1, 0.15) is 22.9 Å². The van der Waals surface area contributed by atoms with Crippen LogP contribution >= 0.6 is 0 Å². The summed E-state index contributed by atoms with van der Waals surface area (Å²) in [5.74, 6) is -0.388. The lowest BCUT2D eigenvalue weighted by Crippen LogP contribution is -2.45. The van der Waals surface area contributed by atoms with Gasteiger partial charge in [-0.05, 0) is 68.9 Å². The van der Waals surface area contributed by atoms with Gasteiger partial charge < -0.3 is 28.6 Å². The predicted molar refractivity (Wildman–Crippen MR) is 148 cm³/mol. The van der Waals surface area contributed by atoms with Crippen molar-refractivity contribution in [2.45, 2.75) is 75.6 Å². The second-order valence-corrected chi connectivity index (χ2v) is 11.5. The molecule has 1 aliphatic carbocycles. The van der Waals surface area contributed by atoms with Crippen molar-refractivity contribution in [2.75, 3.05) is 4.90 Å². The standard InChI is InChI=1S/C31H30F3N3O5/c1-36-25-15-21(9-8-18(25)12-26(36)30(38)39)37-19-10-11-20(37)14-22(13-19)40-16-24-28(35-42-29(24)17-6-7-17)23-4-2-3-5-27(23)41-31(32,33)34/h2-5,8-9,12,15,17,19-20,22H,6-7,10-11,13-14,16H2,1H3,(H,38,39). The van der Waals surface area contributed by atoms with Crippen LogP contribution in [0.15, 0.2) is 53.1 Å². The van der Waals surface area contributed by atoms with E-state index < -0.39 is 12.3 Å². The molecule has 3 fully saturated rings. The molecule has 2 aromatic carbocycles. The number of carbonyl (C=O) groups is 1. The first-order chi connectivity index (χ1) is 20.2. The van der Waals surface area contributed by atoms with E-state index in [4.69, 9.17) is 9.26 Å². The first-order valence-corrected chi connectivity index (χ1v) is 14.2. The number of piperidine rings is 1. The molecular weight excluding hydrogens is 551 g/mol. The van der Waals surface area contributed by atoms with Crippen LogP contribution in [0.5, 0.6) is 5.75 Å². The maximum atomic E-state index is 13.1. The smallest absolute Gasteiger partial charge is 0.477 e. The molecule has 7 rings (SSSR count). The first kappa shape index (κ1) is 26.9. The van der Waals surface area contributed by atoms with Crippen molar-refractivity contribution < 1.29 is 37.1 Å². The second-order valence-electron chi connectivity index (χ2n) is 11.5. The molecular formula is C31H30F3N3O5. The van der Waals surface area contributed by atoms with E-state index in [2.05, 4.69) is 26.9 Å². The number of halogens is 3. The van der Waals surface area contributed by atoms with Gasteiger partial charge in [0, 0.05) is 47.2 Å². The summed E-state index contributed by atoms with van der Waals surface area (Å²) in [6, 6.07) is 14.3. The Bertz CT molecular complexity index is 1640. The zero-order valence-electron chi connectivity index (χ0n) is 22.9. The van der Waals surface area contributed by atoms with Gasteiger partial charge in [-0.25, -0.2) is 4.79 Å². The quantitative estimate of drug-likeness (QED) is 0.239. The number of hydrogen-bond donors (Lipinski definition) is 1. The highest BCUT2D eigenvalue weighted by atomic mass is 19.4. The molecule has 0 amide bonds. The largest absolute Gasteiger partial charge is 0.573 e. The van der Waals surface area contributed by atoms with Crippen LogP contribution in [0.2, 0.25) is 0 Å². The summed E-state index contributed by atoms with van der Waals surface area (Å²) in [5.41, 5.74) is 3.45. The number of anilines is 1. The number of para-hydroxylation sites is 1. The van der Waals surface area contributed by atoms with E-state index >= 15 is 0 Å². The SMILES string of the molecule is Cn1c(C(=O)O)cc2ccc(N3C4CCC3CC(OCc3c(-c5ccccc5OC(F)(F)F)noc3C3CC3)C4)cc21. The van der Waals surface area contributed by atoms with Gasteiger partial charge in [0.25, 0.3) is 0 Å². The minimum absolute atomic E-state index is 0.0207. The number of rotatable bonds is 8. The van der Waals surface area contributed by atoms with Gasteiger partial charge in [0.15, 0.2) is 0 Å². The maximum Gasteiger partial charge on any atom is 0.573 e. The van der Waals surface area contributed by atoms with Gasteiger partial charge in [-0.3, -0.25) is 0 Å². The molecule has 1 saturated carbocycles. The van der Waals surface area contributed by atoms with Gasteiger partial charge in [0.2, 0.25) is 0 Å². The molecule has 2 aromatic heterocycles. The van der Waals surface area contributed by atoms with E-state index in [0.717, 1.165) is 55.1 Å². The van der Waals surface area contributed by atoms with Gasteiger partial charge in [-0.15, -0.1) is 13.2 Å². The number of carboxylic acid groups (broad SMARTS) is 1. The Morgan fingerprint density at radius 2 is 1.81 bits per heavy atom. The topological polar surface area (TPSA) is 90.0 Å². The van der Waals surface area contributed by atoms with Crippen molar-refractivity contribution >= 4 is 22.6 Å². The van der Waals surface area contributed by atoms with Crippen molar-refractivity contribution in [3.63, 3.8) is 0 Å². The molecule has 2 aliphatic heterocycles. The summed E-state index contributed by atoms with van der Waals surface area (Å²) >= 11 is 0. The molecule has 4 heterocycles. The Morgan fingerprint density at radius 3 is 2.50 bits per heavy atom. The summed E-state index contributed by atoms with van der Waals surface area (Å²) in [7, 11) is 1.77. The lowest BCUT2D eigenvalue weighted by atomic mass is 9.98. The van der Waals surface area contributed by atoms with Crippen molar-refractivity contribution in [3.05, 3.63) is 65.5 Å². The lowest BCUT2D eigenvalue weighted by molar-refractivity contribution is -0.274. The van der Waals surface area contributed by atoms with E-state index in [1.807, 2.05) is 6.07 Å². The van der Waals surface area contributed by atoms with Crippen LogP contribution in [0.25, 0.3) is 22.2 Å². The van der Waals surface area contributed by atoms with Crippen LogP contribution in [0, 0.1) is 0 Å². The minimum atomic E-state index is -4.83. The fourth-order valence-corrected chi connectivity index (χ4v) is 6.79. The molecule has 1 N–H and O–H groups in total. The normalized spacial score (nSPS) is 22.2. The fourth-order valence-electron chi connectivity index (χ4n) is 6.79. The summed E-state index contributed by atoms with van der Waals surface area (Å²) < 4.78 is 57.5. The summed E-state index contributed by atoms with van der Waals surface area (Å²) in [5, 5.41) is 14.6. The Balaban J connectivity index is 1.10. The lowest BCUT2D eigenvalue weighted by Gasteiger charge is -2.40. The average Bonchev–Trinajstić information content (AvgIpc) is 3.54. The van der Waals surface area contributed by atoms with E-state index in [9.17, 15) is 23.1 Å². The number of ether oxygens (including phenoxy) is 2. The highest BCUT2D eigenvalue weighted by Gasteiger charge is 2.42. The number of nitrogens with zero attached hydrogens (tertiary/aromatic N) is 3. The molecule has 11 heteroatoms. The second kappa shape index (κ2) is 10.1. The Morgan fingerprint density at radius 1 is 1.07 bits per heavy atom. The molecule has 4 aromatic rings. The third kappa shape index (κ3) is 4.89. The highest BCUT2D eigenvalue weighted by Crippen LogP contribution is 2.46. The number of fused-ring (bicyclic) bond motifs is 3. The zero-order chi connectivity index (χ0) is 29.2. The van der Waals surface area contributed by atoms with Crippen LogP contribution in [0.1, 0.15) is 66.3 Å². The maximum absolute atomic E-state index is 13.1. The predicted octanol–water partition coefficient (Wildman–Crippen LogP) is 7.02. The summed E-state index contributed by atoms with van der Waals surface area (Å²) in [6.07, 6.45) is 0.743. The Hall–Kier alpha value is -3.99. The van der Waals surface area contributed by atoms with E-state index in [-0.39, 0.29) is 47.7 Å². The fraction of sp³-hybridized carbons (Fsp3) is 0.419.